The molecule has 0 aliphatic carbocycles. The molecule has 3 atom stereocenters. The van der Waals surface area contributed by atoms with Crippen molar-refractivity contribution in [2.45, 2.75) is 45.6 Å². The minimum absolute atomic E-state index is 0.0890. The first-order chi connectivity index (χ1) is 13.4. The Morgan fingerprint density at radius 2 is 2.00 bits per heavy atom. The highest BCUT2D eigenvalue weighted by Gasteiger charge is 2.38. The zero-order valence-corrected chi connectivity index (χ0v) is 17.1. The quantitative estimate of drug-likeness (QED) is 0.516. The van der Waals surface area contributed by atoms with Gasteiger partial charge in [0.2, 0.25) is 5.91 Å². The Morgan fingerprint density at radius 3 is 2.68 bits per heavy atom. The molecule has 1 aromatic rings. The number of anilines is 1. The van der Waals surface area contributed by atoms with Crippen LogP contribution in [-0.4, -0.2) is 50.7 Å². The van der Waals surface area contributed by atoms with Crippen LogP contribution in [-0.2, 0) is 23.9 Å². The van der Waals surface area contributed by atoms with E-state index in [1.165, 1.54) is 14.0 Å². The lowest BCUT2D eigenvalue weighted by Crippen LogP contribution is -2.38. The van der Waals surface area contributed by atoms with E-state index in [0.717, 1.165) is 17.7 Å². The lowest BCUT2D eigenvalue weighted by molar-refractivity contribution is -0.158. The Balaban J connectivity index is 2.01. The van der Waals surface area contributed by atoms with Crippen LogP contribution in [0.1, 0.15) is 45.1 Å². The largest absolute Gasteiger partial charge is 0.452 e. The monoisotopic (exact) mass is 390 g/mol. The minimum atomic E-state index is -0.916. The number of para-hydroxylation sites is 1. The number of methoxy groups -OCH3 is 1. The van der Waals surface area contributed by atoms with Gasteiger partial charge in [0, 0.05) is 32.3 Å². The second-order valence-corrected chi connectivity index (χ2v) is 7.14. The first-order valence-electron chi connectivity index (χ1n) is 9.75. The summed E-state index contributed by atoms with van der Waals surface area (Å²) in [6.07, 6.45) is 0.132. The van der Waals surface area contributed by atoms with Gasteiger partial charge in [0.1, 0.15) is 0 Å². The average Bonchev–Trinajstić information content (AvgIpc) is 3.09. The van der Waals surface area contributed by atoms with Crippen LogP contribution in [0.5, 0.6) is 0 Å². The van der Waals surface area contributed by atoms with Crippen molar-refractivity contribution >= 4 is 23.5 Å². The van der Waals surface area contributed by atoms with Gasteiger partial charge in [-0.1, -0.05) is 32.0 Å². The maximum Gasteiger partial charge on any atom is 0.312 e. The maximum absolute atomic E-state index is 12.6. The van der Waals surface area contributed by atoms with Crippen LogP contribution in [0.15, 0.2) is 24.3 Å². The number of benzene rings is 1. The molecule has 0 aromatic heterocycles. The fourth-order valence-corrected chi connectivity index (χ4v) is 3.21. The van der Waals surface area contributed by atoms with Crippen molar-refractivity contribution in [1.29, 1.82) is 0 Å². The number of nitrogens with one attached hydrogen (secondary N) is 1. The first kappa shape index (κ1) is 21.9. The zero-order chi connectivity index (χ0) is 20.7. The van der Waals surface area contributed by atoms with Gasteiger partial charge in [-0.25, -0.2) is 0 Å². The van der Waals surface area contributed by atoms with Gasteiger partial charge < -0.3 is 19.7 Å². The third kappa shape index (κ3) is 5.32. The molecule has 1 heterocycles. The van der Waals surface area contributed by atoms with E-state index in [1.54, 1.807) is 4.90 Å². The van der Waals surface area contributed by atoms with Crippen LogP contribution in [0, 0.1) is 5.92 Å². The van der Waals surface area contributed by atoms with Crippen LogP contribution < -0.4 is 10.2 Å². The molecule has 2 amide bonds. The number of carbonyl (C=O) groups is 3. The van der Waals surface area contributed by atoms with Crippen LogP contribution in [0.3, 0.4) is 0 Å². The summed E-state index contributed by atoms with van der Waals surface area (Å²) in [5.41, 5.74) is 1.95. The summed E-state index contributed by atoms with van der Waals surface area (Å²) < 4.78 is 10.2. The van der Waals surface area contributed by atoms with Crippen LogP contribution in [0.25, 0.3) is 0 Å². The highest BCUT2D eigenvalue weighted by molar-refractivity contribution is 6.00. The van der Waals surface area contributed by atoms with Gasteiger partial charge in [-0.05, 0) is 30.9 Å². The summed E-state index contributed by atoms with van der Waals surface area (Å²) in [5, 5.41) is 2.63. The summed E-state index contributed by atoms with van der Waals surface area (Å²) in [7, 11) is 1.54. The van der Waals surface area contributed by atoms with E-state index in [4.69, 9.17) is 9.47 Å². The third-order valence-corrected chi connectivity index (χ3v) is 5.10. The number of carbonyl (C=O) groups excluding carboxylic acids is 3. The second-order valence-electron chi connectivity index (χ2n) is 7.14. The normalized spacial score (nSPS) is 18.6. The predicted molar refractivity (Wildman–Crippen MR) is 106 cm³/mol. The standard InChI is InChI=1S/C21H30N2O5/c1-5-14(2)17-8-6-7-9-18(17)23-13-16(12-19(23)24)21(26)28-15(3)20(25)22-10-11-27-4/h6-9,14-16H,5,10-13H2,1-4H3,(H,22,25)/t14-,15+,16+/m1/s1. The van der Waals surface area contributed by atoms with Crippen molar-refractivity contribution < 1.29 is 23.9 Å². The van der Waals surface area contributed by atoms with Crippen LogP contribution >= 0.6 is 0 Å². The molecular formula is C21H30N2O5. The van der Waals surface area contributed by atoms with Gasteiger partial charge in [-0.2, -0.15) is 0 Å². The Bertz CT molecular complexity index is 706. The number of rotatable bonds is 9. The van der Waals surface area contributed by atoms with Crippen molar-refractivity contribution in [3.05, 3.63) is 29.8 Å². The first-order valence-corrected chi connectivity index (χ1v) is 9.75. The highest BCUT2D eigenvalue weighted by atomic mass is 16.5. The molecule has 0 bridgehead atoms. The fraction of sp³-hybridized carbons (Fsp3) is 0.571. The van der Waals surface area contributed by atoms with Gasteiger partial charge in [-0.15, -0.1) is 0 Å². The minimum Gasteiger partial charge on any atom is -0.452 e. The van der Waals surface area contributed by atoms with E-state index in [2.05, 4.69) is 19.2 Å². The molecule has 7 heteroatoms. The summed E-state index contributed by atoms with van der Waals surface area (Å²) in [6, 6.07) is 7.79. The fourth-order valence-electron chi connectivity index (χ4n) is 3.21. The Labute approximate surface area is 166 Å². The molecule has 1 aliphatic rings. The predicted octanol–water partition coefficient (Wildman–Crippen LogP) is 2.25. The molecule has 7 nitrogen and oxygen atoms in total. The molecule has 1 saturated heterocycles. The Morgan fingerprint density at radius 1 is 1.29 bits per heavy atom. The lowest BCUT2D eigenvalue weighted by atomic mass is 9.96. The molecule has 1 aromatic carbocycles. The second kappa shape index (κ2) is 10.2. The molecule has 1 fully saturated rings. The molecule has 1 aliphatic heterocycles. The van der Waals surface area contributed by atoms with Crippen molar-refractivity contribution in [2.75, 3.05) is 31.7 Å². The number of nitrogens with zero attached hydrogens (tertiary/aromatic N) is 1. The third-order valence-electron chi connectivity index (χ3n) is 5.10. The van der Waals surface area contributed by atoms with E-state index >= 15 is 0 Å². The van der Waals surface area contributed by atoms with E-state index in [1.807, 2.05) is 24.3 Å². The van der Waals surface area contributed by atoms with E-state index in [0.29, 0.717) is 19.1 Å². The Hall–Kier alpha value is -2.41. The van der Waals surface area contributed by atoms with Crippen molar-refractivity contribution in [3.8, 4) is 0 Å². The number of ether oxygens (including phenoxy) is 2. The van der Waals surface area contributed by atoms with Crippen LogP contribution in [0.4, 0.5) is 5.69 Å². The van der Waals surface area contributed by atoms with Gasteiger partial charge in [0.15, 0.2) is 6.10 Å². The topological polar surface area (TPSA) is 84.9 Å². The molecule has 28 heavy (non-hydrogen) atoms. The molecular weight excluding hydrogens is 360 g/mol. The SMILES string of the molecule is CC[C@@H](C)c1ccccc1N1C[C@@H](C(=O)O[C@@H](C)C(=O)NCCOC)CC1=O. The van der Waals surface area contributed by atoms with Crippen LogP contribution in [0.2, 0.25) is 0 Å². The lowest BCUT2D eigenvalue weighted by Gasteiger charge is -2.23. The molecule has 0 radical (unpaired) electrons. The van der Waals surface area contributed by atoms with Crippen molar-refractivity contribution in [2.24, 2.45) is 5.92 Å². The van der Waals surface area contributed by atoms with Gasteiger partial charge in [-0.3, -0.25) is 14.4 Å². The molecule has 154 valence electrons. The highest BCUT2D eigenvalue weighted by Crippen LogP contribution is 2.33. The molecule has 1 N–H and O–H groups in total. The average molecular weight is 390 g/mol. The molecule has 0 saturated carbocycles. The van der Waals surface area contributed by atoms with E-state index < -0.39 is 18.0 Å². The van der Waals surface area contributed by atoms with Gasteiger partial charge >= 0.3 is 5.97 Å². The summed E-state index contributed by atoms with van der Waals surface area (Å²) in [4.78, 5) is 38.7. The van der Waals surface area contributed by atoms with Crippen molar-refractivity contribution in [1.82, 2.24) is 5.32 Å². The zero-order valence-electron chi connectivity index (χ0n) is 17.1. The van der Waals surface area contributed by atoms with E-state index in [9.17, 15) is 14.4 Å². The van der Waals surface area contributed by atoms with E-state index in [-0.39, 0.29) is 24.8 Å². The smallest absolute Gasteiger partial charge is 0.312 e. The maximum atomic E-state index is 12.6. The number of hydrogen-bond acceptors (Lipinski definition) is 5. The summed E-state index contributed by atoms with van der Waals surface area (Å²) in [5.74, 6) is -1.27. The molecule has 0 unspecified atom stereocenters. The van der Waals surface area contributed by atoms with Gasteiger partial charge in [0.25, 0.3) is 5.91 Å². The Kier molecular flexibility index (Phi) is 7.99. The number of esters is 1. The number of amides is 2. The van der Waals surface area contributed by atoms with Gasteiger partial charge in [0.05, 0.1) is 12.5 Å². The molecule has 0 spiro atoms. The molecule has 2 rings (SSSR count). The summed E-state index contributed by atoms with van der Waals surface area (Å²) >= 11 is 0. The number of hydrogen-bond donors (Lipinski definition) is 1. The summed E-state index contributed by atoms with van der Waals surface area (Å²) in [6.45, 7) is 6.74. The van der Waals surface area contributed by atoms with Crippen molar-refractivity contribution in [3.63, 3.8) is 0 Å².